The summed E-state index contributed by atoms with van der Waals surface area (Å²) in [5.41, 5.74) is 1.80. The molecule has 4 rings (SSSR count). The number of nitrogens with one attached hydrogen (secondary N) is 8. The predicted molar refractivity (Wildman–Crippen MR) is 249 cm³/mol. The van der Waals surface area contributed by atoms with Crippen LogP contribution in [0.4, 0.5) is 0 Å². The number of fused-ring (bicyclic) bond motifs is 1. The highest BCUT2D eigenvalue weighted by atomic mass is 16.5. The van der Waals surface area contributed by atoms with Gasteiger partial charge in [-0.15, -0.1) is 0 Å². The summed E-state index contributed by atoms with van der Waals surface area (Å²) in [5.74, 6) is -7.46. The molecule has 19 heteroatoms. The monoisotopic (exact) mass is 933 g/mol. The number of rotatable bonds is 15. The smallest absolute Gasteiger partial charge is 0.329 e. The number of carbonyl (C=O) groups is 8. The van der Waals surface area contributed by atoms with Crippen LogP contribution in [0.2, 0.25) is 0 Å². The zero-order valence-corrected chi connectivity index (χ0v) is 39.6. The van der Waals surface area contributed by atoms with Gasteiger partial charge in [0, 0.05) is 36.4 Å². The van der Waals surface area contributed by atoms with Crippen LogP contribution in [0.3, 0.4) is 0 Å². The molecule has 9 atom stereocenters. The Labute approximate surface area is 391 Å². The number of ether oxygens (including phenoxy) is 1. The third-order valence-electron chi connectivity index (χ3n) is 11.8. The number of aromatic nitrogens is 1. The molecular formula is C48H68N8O11. The Morgan fingerprint density at radius 3 is 1.97 bits per heavy atom. The van der Waals surface area contributed by atoms with Crippen molar-refractivity contribution in [2.24, 2.45) is 17.8 Å². The summed E-state index contributed by atoms with van der Waals surface area (Å²) in [7, 11) is 0. The lowest BCUT2D eigenvalue weighted by Crippen LogP contribution is -2.62. The minimum atomic E-state index is -1.68. The number of hydrogen-bond acceptors (Lipinski definition) is 11. The first-order valence-corrected chi connectivity index (χ1v) is 23.0. The van der Waals surface area contributed by atoms with Crippen LogP contribution in [0.25, 0.3) is 10.9 Å². The normalized spacial score (nSPS) is 23.6. The van der Waals surface area contributed by atoms with Gasteiger partial charge >= 0.3 is 5.97 Å². The largest absolute Gasteiger partial charge is 0.508 e. The van der Waals surface area contributed by atoms with Crippen LogP contribution in [0.15, 0.2) is 54.7 Å². The van der Waals surface area contributed by atoms with Gasteiger partial charge in [-0.05, 0) is 67.3 Å². The lowest BCUT2D eigenvalue weighted by atomic mass is 9.96. The van der Waals surface area contributed by atoms with Gasteiger partial charge in [0.1, 0.15) is 48.1 Å². The molecule has 0 radical (unpaired) electrons. The van der Waals surface area contributed by atoms with Gasteiger partial charge in [0.05, 0.1) is 12.6 Å². The van der Waals surface area contributed by atoms with Gasteiger partial charge in [-0.3, -0.25) is 33.6 Å². The molecule has 1 fully saturated rings. The number of aromatic hydroxyl groups is 1. The number of para-hydroxylation sites is 1. The van der Waals surface area contributed by atoms with E-state index in [2.05, 4.69) is 42.2 Å². The van der Waals surface area contributed by atoms with Crippen molar-refractivity contribution < 1.29 is 53.3 Å². The van der Waals surface area contributed by atoms with Gasteiger partial charge in [-0.1, -0.05) is 84.7 Å². The van der Waals surface area contributed by atoms with Gasteiger partial charge in [0.25, 0.3) is 0 Å². The summed E-state index contributed by atoms with van der Waals surface area (Å²) >= 11 is 0. The lowest BCUT2D eigenvalue weighted by molar-refractivity contribution is -0.157. The average Bonchev–Trinajstić information content (AvgIpc) is 3.68. The van der Waals surface area contributed by atoms with Crippen LogP contribution in [0.5, 0.6) is 5.75 Å². The number of cyclic esters (lactones) is 1. The maximum atomic E-state index is 14.6. The number of benzene rings is 2. The Kier molecular flexibility index (Phi) is 19.7. The van der Waals surface area contributed by atoms with E-state index >= 15 is 0 Å². The number of aliphatic hydroxyl groups excluding tert-OH is 1. The number of esters is 1. The third kappa shape index (κ3) is 15.5. The number of amides is 7. The fourth-order valence-electron chi connectivity index (χ4n) is 7.57. The van der Waals surface area contributed by atoms with E-state index in [9.17, 15) is 48.6 Å². The molecule has 0 bridgehead atoms. The van der Waals surface area contributed by atoms with E-state index in [1.165, 1.54) is 38.1 Å². The number of phenolic OH excluding ortho intramolecular Hbond substituents is 1. The van der Waals surface area contributed by atoms with Crippen molar-refractivity contribution in [3.8, 4) is 5.75 Å². The molecule has 0 aliphatic carbocycles. The zero-order valence-electron chi connectivity index (χ0n) is 39.6. The quantitative estimate of drug-likeness (QED) is 0.0976. The van der Waals surface area contributed by atoms with Crippen LogP contribution in [0.1, 0.15) is 92.2 Å². The summed E-state index contributed by atoms with van der Waals surface area (Å²) in [6.45, 7) is 12.9. The van der Waals surface area contributed by atoms with E-state index in [1.807, 2.05) is 32.0 Å². The SMILES string of the molecule is CC[C@H](C)[C@@H]1NC(=O)[C@H]([C@H](C)O)NC(=O)[C@@H](Cc2c[nH]c3ccccc23)NC(=O)[C@@H](Cc2ccc(O)cc2)NC(=O)[C@@H](NC(=O)CNC(=O)CCCC(C)C)[C@H](C)OC(=O)[C@H](C(C)C)NC1=O. The van der Waals surface area contributed by atoms with Crippen LogP contribution >= 0.6 is 0 Å². The fraction of sp³-hybridized carbons (Fsp3) is 0.542. The summed E-state index contributed by atoms with van der Waals surface area (Å²) < 4.78 is 5.81. The summed E-state index contributed by atoms with van der Waals surface area (Å²) in [6.07, 6.45) is 0.301. The minimum absolute atomic E-state index is 0.0679. The van der Waals surface area contributed by atoms with Crippen molar-refractivity contribution in [3.63, 3.8) is 0 Å². The third-order valence-corrected chi connectivity index (χ3v) is 11.8. The maximum Gasteiger partial charge on any atom is 0.329 e. The molecule has 67 heavy (non-hydrogen) atoms. The molecule has 19 nitrogen and oxygen atoms in total. The van der Waals surface area contributed by atoms with Gasteiger partial charge in [-0.2, -0.15) is 0 Å². The molecule has 1 saturated heterocycles. The Balaban J connectivity index is 1.82. The Morgan fingerprint density at radius 2 is 1.33 bits per heavy atom. The predicted octanol–water partition coefficient (Wildman–Crippen LogP) is 1.54. The van der Waals surface area contributed by atoms with Gasteiger partial charge in [0.15, 0.2) is 0 Å². The standard InChI is InChI=1S/C48H68N8O11/c1-9-27(6)40-45(63)54-39(26(4)5)48(66)67-29(8)42(53-38(60)24-50-37(59)16-12-13-25(2)3)47(65)52-35(21-30-17-19-32(58)20-18-30)43(61)51-36(44(62)56-41(28(7)57)46(64)55-40)22-31-23-49-34-15-11-10-14-33(31)34/h10-11,14-15,17-20,23,25-29,35-36,39-42,49,57-58H,9,12-13,16,21-22,24H2,1-8H3,(H,50,59)(H,51,61)(H,52,65)(H,53,60)(H,54,63)(H,55,64)(H,56,62)/t27-,28-,29-,35+,36+,39-,40-,41-,42-/m0/s1. The molecule has 0 spiro atoms. The molecule has 0 unspecified atom stereocenters. The topological polar surface area (TPSA) is 286 Å². The first-order valence-electron chi connectivity index (χ1n) is 23.0. The molecule has 0 saturated carbocycles. The van der Waals surface area contributed by atoms with Crippen molar-refractivity contribution in [2.45, 2.75) is 142 Å². The maximum absolute atomic E-state index is 14.6. The van der Waals surface area contributed by atoms with Crippen molar-refractivity contribution in [2.75, 3.05) is 6.54 Å². The first kappa shape index (κ1) is 53.1. The molecule has 1 aliphatic heterocycles. The van der Waals surface area contributed by atoms with Gasteiger partial charge < -0.3 is 57.2 Å². The van der Waals surface area contributed by atoms with E-state index < -0.39 is 108 Å². The van der Waals surface area contributed by atoms with Crippen LogP contribution in [-0.2, 0) is 55.9 Å². The van der Waals surface area contributed by atoms with E-state index in [-0.39, 0.29) is 30.9 Å². The molecule has 2 heterocycles. The number of H-pyrrole nitrogens is 1. The fourth-order valence-corrected chi connectivity index (χ4v) is 7.57. The minimum Gasteiger partial charge on any atom is -0.508 e. The highest BCUT2D eigenvalue weighted by Gasteiger charge is 2.39. The molecule has 10 N–H and O–H groups in total. The van der Waals surface area contributed by atoms with Crippen molar-refractivity contribution in [1.29, 1.82) is 0 Å². The molecule has 2 aromatic carbocycles. The average molecular weight is 933 g/mol. The number of hydrogen-bond donors (Lipinski definition) is 10. The highest BCUT2D eigenvalue weighted by molar-refractivity contribution is 5.98. The van der Waals surface area contributed by atoms with Crippen molar-refractivity contribution in [3.05, 3.63) is 65.9 Å². The highest BCUT2D eigenvalue weighted by Crippen LogP contribution is 2.21. The summed E-state index contributed by atoms with van der Waals surface area (Å²) in [5, 5.41) is 40.0. The lowest BCUT2D eigenvalue weighted by Gasteiger charge is -2.31. The summed E-state index contributed by atoms with van der Waals surface area (Å²) in [4.78, 5) is 115. The second-order valence-corrected chi connectivity index (χ2v) is 18.1. The molecule has 1 aromatic heterocycles. The van der Waals surface area contributed by atoms with E-state index in [0.29, 0.717) is 29.9 Å². The van der Waals surface area contributed by atoms with Crippen LogP contribution in [-0.4, -0.2) is 118 Å². The van der Waals surface area contributed by atoms with E-state index in [4.69, 9.17) is 4.74 Å². The number of carbonyl (C=O) groups excluding carboxylic acids is 8. The first-order chi connectivity index (χ1) is 31.7. The van der Waals surface area contributed by atoms with Gasteiger partial charge in [-0.25, -0.2) is 4.79 Å². The second kappa shape index (κ2) is 24.9. The Morgan fingerprint density at radius 1 is 0.731 bits per heavy atom. The second-order valence-electron chi connectivity index (χ2n) is 18.1. The molecule has 7 amide bonds. The van der Waals surface area contributed by atoms with Crippen molar-refractivity contribution >= 4 is 58.2 Å². The van der Waals surface area contributed by atoms with Crippen molar-refractivity contribution in [1.82, 2.24) is 42.2 Å². The van der Waals surface area contributed by atoms with Crippen LogP contribution < -0.4 is 37.2 Å². The Hall–Kier alpha value is -6.50. The molecule has 3 aromatic rings. The number of phenols is 1. The van der Waals surface area contributed by atoms with E-state index in [1.54, 1.807) is 40.0 Å². The van der Waals surface area contributed by atoms with E-state index in [0.717, 1.165) is 17.3 Å². The molecular weight excluding hydrogens is 865 g/mol. The Bertz CT molecular complexity index is 2210. The molecule has 1 aliphatic rings. The van der Waals surface area contributed by atoms with Crippen LogP contribution in [0, 0.1) is 17.8 Å². The molecule has 366 valence electrons. The number of aliphatic hydroxyl groups is 1. The zero-order chi connectivity index (χ0) is 49.5. The summed E-state index contributed by atoms with van der Waals surface area (Å²) in [6, 6.07) is 4.19. The number of aromatic amines is 1. The van der Waals surface area contributed by atoms with Gasteiger partial charge in [0.2, 0.25) is 41.4 Å².